The lowest BCUT2D eigenvalue weighted by molar-refractivity contribution is -0.120. The second kappa shape index (κ2) is 7.60. The van der Waals surface area contributed by atoms with Gasteiger partial charge >= 0.3 is 0 Å². The van der Waals surface area contributed by atoms with Crippen LogP contribution in [0.15, 0.2) is 88.0 Å². The highest BCUT2D eigenvalue weighted by atomic mass is 16.2. The zero-order valence-corrected chi connectivity index (χ0v) is 20.5. The number of nitrogens with zero attached hydrogens (tertiary/aromatic N) is 3. The van der Waals surface area contributed by atoms with E-state index in [0.717, 1.165) is 57.3 Å². The number of pyridine rings is 1. The number of hydrogen-bond acceptors (Lipinski definition) is 5. The van der Waals surface area contributed by atoms with Crippen LogP contribution >= 0.6 is 0 Å². The summed E-state index contributed by atoms with van der Waals surface area (Å²) in [6.45, 7) is 8.37. The van der Waals surface area contributed by atoms with E-state index in [1.165, 1.54) is 5.56 Å². The lowest BCUT2D eigenvalue weighted by Gasteiger charge is -2.48. The first kappa shape index (κ1) is 21.7. The van der Waals surface area contributed by atoms with Gasteiger partial charge in [-0.15, -0.1) is 0 Å². The number of hydrogen-bond donors (Lipinski definition) is 2. The Hall–Kier alpha value is -3.80. The van der Waals surface area contributed by atoms with Crippen molar-refractivity contribution in [1.82, 2.24) is 15.6 Å². The van der Waals surface area contributed by atoms with E-state index in [-0.39, 0.29) is 17.6 Å². The van der Waals surface area contributed by atoms with Gasteiger partial charge in [0.1, 0.15) is 0 Å². The van der Waals surface area contributed by atoms with E-state index in [1.54, 1.807) is 0 Å². The number of aryl methyl sites for hydroxylation is 1. The molecule has 0 fully saturated rings. The maximum absolute atomic E-state index is 13.6. The van der Waals surface area contributed by atoms with Crippen LogP contribution in [0.3, 0.4) is 0 Å². The standard InChI is InChI=1S/C29H29N5O/c1-5-29(22-16-31-34-26(22)32-24-15-28(3,4)33-27(35)25(24)29)19-8-6-7-18(14-19)20-11-12-30-23-10-9-17(2)13-21(20)23/h6-14,16,26,32H,5,15H2,1-4H3,(H,33,35)/t26?,29-/m0/s1. The van der Waals surface area contributed by atoms with Crippen molar-refractivity contribution in [2.45, 2.75) is 57.7 Å². The monoisotopic (exact) mass is 463 g/mol. The average Bonchev–Trinajstić information content (AvgIpc) is 3.30. The Morgan fingerprint density at radius 1 is 1.11 bits per heavy atom. The van der Waals surface area contributed by atoms with Gasteiger partial charge in [0.25, 0.3) is 5.91 Å². The Bertz CT molecular complexity index is 1480. The molecule has 1 unspecified atom stereocenters. The molecule has 176 valence electrons. The molecular weight excluding hydrogens is 434 g/mol. The molecule has 6 heteroatoms. The lowest BCUT2D eigenvalue weighted by Crippen LogP contribution is -2.58. The molecule has 6 rings (SSSR count). The lowest BCUT2D eigenvalue weighted by atomic mass is 9.62. The quantitative estimate of drug-likeness (QED) is 0.524. The van der Waals surface area contributed by atoms with Crippen molar-refractivity contribution < 1.29 is 4.79 Å². The number of azo groups is 1. The van der Waals surface area contributed by atoms with Crippen LogP contribution in [0.2, 0.25) is 0 Å². The number of carbonyl (C=O) groups is 1. The molecule has 2 atom stereocenters. The van der Waals surface area contributed by atoms with E-state index >= 15 is 0 Å². The molecule has 1 aromatic heterocycles. The van der Waals surface area contributed by atoms with Crippen molar-refractivity contribution in [1.29, 1.82) is 0 Å². The molecule has 3 aliphatic heterocycles. The number of benzene rings is 2. The number of carbonyl (C=O) groups excluding carboxylic acids is 1. The van der Waals surface area contributed by atoms with Gasteiger partial charge in [0.05, 0.1) is 22.7 Å². The zero-order valence-electron chi connectivity index (χ0n) is 20.5. The van der Waals surface area contributed by atoms with E-state index in [2.05, 4.69) is 102 Å². The molecule has 35 heavy (non-hydrogen) atoms. The predicted octanol–water partition coefficient (Wildman–Crippen LogP) is 5.69. The zero-order chi connectivity index (χ0) is 24.4. The predicted molar refractivity (Wildman–Crippen MR) is 138 cm³/mol. The number of fused-ring (bicyclic) bond motifs is 2. The fraction of sp³-hybridized carbons (Fsp3) is 0.310. The summed E-state index contributed by atoms with van der Waals surface area (Å²) in [6, 6.07) is 17.0. The van der Waals surface area contributed by atoms with Crippen LogP contribution in [0.4, 0.5) is 0 Å². The molecule has 1 amide bonds. The van der Waals surface area contributed by atoms with Crippen LogP contribution in [0, 0.1) is 6.92 Å². The van der Waals surface area contributed by atoms with E-state index in [0.29, 0.717) is 0 Å². The van der Waals surface area contributed by atoms with Crippen molar-refractivity contribution in [3.63, 3.8) is 0 Å². The average molecular weight is 464 g/mol. The minimum atomic E-state index is -0.607. The van der Waals surface area contributed by atoms with Crippen LogP contribution in [0.1, 0.15) is 44.7 Å². The van der Waals surface area contributed by atoms with Crippen molar-refractivity contribution in [3.05, 3.63) is 88.9 Å². The summed E-state index contributed by atoms with van der Waals surface area (Å²) in [6.07, 6.45) is 4.92. The molecule has 0 saturated heterocycles. The molecule has 0 radical (unpaired) electrons. The molecule has 3 aliphatic rings. The minimum absolute atomic E-state index is 0.0211. The Balaban J connectivity index is 1.59. The number of aromatic nitrogens is 1. The van der Waals surface area contributed by atoms with Crippen molar-refractivity contribution in [2.75, 3.05) is 0 Å². The number of amides is 1. The van der Waals surface area contributed by atoms with E-state index in [4.69, 9.17) is 0 Å². The minimum Gasteiger partial charge on any atom is -0.362 e. The summed E-state index contributed by atoms with van der Waals surface area (Å²) in [5.74, 6) is -0.0211. The highest BCUT2D eigenvalue weighted by Gasteiger charge is 2.53. The molecule has 0 saturated carbocycles. The van der Waals surface area contributed by atoms with E-state index in [1.807, 2.05) is 12.4 Å². The summed E-state index contributed by atoms with van der Waals surface area (Å²) >= 11 is 0. The normalized spacial score (nSPS) is 24.5. The smallest absolute Gasteiger partial charge is 0.250 e. The first-order valence-electron chi connectivity index (χ1n) is 12.2. The third kappa shape index (κ3) is 3.23. The van der Waals surface area contributed by atoms with Crippen LogP contribution in [0.5, 0.6) is 0 Å². The Labute approximate surface area is 205 Å². The van der Waals surface area contributed by atoms with Gasteiger partial charge in [-0.25, -0.2) is 0 Å². The molecule has 2 N–H and O–H groups in total. The Morgan fingerprint density at radius 2 is 1.97 bits per heavy atom. The summed E-state index contributed by atoms with van der Waals surface area (Å²) in [4.78, 5) is 18.2. The third-order valence-corrected chi connectivity index (χ3v) is 7.60. The SMILES string of the molecule is CC[C@]1(c2cccc(-c3ccnc4ccc(C)cc34)c2)C2=CN=NC2NC2=C1C(=O)NC(C)(C)C2. The fourth-order valence-corrected chi connectivity index (χ4v) is 6.07. The molecule has 2 aromatic carbocycles. The molecular formula is C29H29N5O. The molecule has 0 aliphatic carbocycles. The number of nitrogens with one attached hydrogen (secondary N) is 2. The van der Waals surface area contributed by atoms with Gasteiger partial charge in [0.2, 0.25) is 0 Å². The maximum Gasteiger partial charge on any atom is 0.250 e. The van der Waals surface area contributed by atoms with Gasteiger partial charge in [-0.1, -0.05) is 36.8 Å². The summed E-state index contributed by atoms with van der Waals surface area (Å²) in [5.41, 5.74) is 7.36. The fourth-order valence-electron chi connectivity index (χ4n) is 6.07. The second-order valence-corrected chi connectivity index (χ2v) is 10.4. The van der Waals surface area contributed by atoms with Crippen molar-refractivity contribution in [3.8, 4) is 11.1 Å². The number of rotatable bonds is 3. The van der Waals surface area contributed by atoms with Gasteiger partial charge in [-0.05, 0) is 68.1 Å². The largest absolute Gasteiger partial charge is 0.362 e. The summed E-state index contributed by atoms with van der Waals surface area (Å²) < 4.78 is 0. The van der Waals surface area contributed by atoms with Crippen LogP contribution in [-0.4, -0.2) is 22.6 Å². The Morgan fingerprint density at radius 3 is 2.80 bits per heavy atom. The summed E-state index contributed by atoms with van der Waals surface area (Å²) in [7, 11) is 0. The van der Waals surface area contributed by atoms with Gasteiger partial charge in [0.15, 0.2) is 6.17 Å². The molecule has 4 heterocycles. The first-order chi connectivity index (χ1) is 16.8. The van der Waals surface area contributed by atoms with Crippen LogP contribution < -0.4 is 10.6 Å². The Kier molecular flexibility index (Phi) is 4.72. The highest BCUT2D eigenvalue weighted by Crippen LogP contribution is 2.51. The summed E-state index contributed by atoms with van der Waals surface area (Å²) in [5, 5.41) is 16.6. The molecule has 3 aromatic rings. The third-order valence-electron chi connectivity index (χ3n) is 7.60. The highest BCUT2D eigenvalue weighted by molar-refractivity contribution is 6.00. The van der Waals surface area contributed by atoms with Crippen molar-refractivity contribution >= 4 is 16.8 Å². The van der Waals surface area contributed by atoms with Crippen LogP contribution in [-0.2, 0) is 10.2 Å². The topological polar surface area (TPSA) is 78.7 Å². The molecule has 0 bridgehead atoms. The first-order valence-corrected chi connectivity index (χ1v) is 12.2. The van der Waals surface area contributed by atoms with Gasteiger partial charge < -0.3 is 10.6 Å². The van der Waals surface area contributed by atoms with E-state index < -0.39 is 5.41 Å². The van der Waals surface area contributed by atoms with Crippen molar-refractivity contribution in [2.24, 2.45) is 10.2 Å². The maximum atomic E-state index is 13.6. The van der Waals surface area contributed by atoms with Gasteiger partial charge in [0, 0.05) is 34.8 Å². The second-order valence-electron chi connectivity index (χ2n) is 10.4. The molecule has 0 spiro atoms. The van der Waals surface area contributed by atoms with Gasteiger partial charge in [-0.2, -0.15) is 10.2 Å². The van der Waals surface area contributed by atoms with E-state index in [9.17, 15) is 4.79 Å². The van der Waals surface area contributed by atoms with Gasteiger partial charge in [-0.3, -0.25) is 9.78 Å². The molecule has 6 nitrogen and oxygen atoms in total. The van der Waals surface area contributed by atoms with Crippen LogP contribution in [0.25, 0.3) is 22.0 Å².